The molecule has 5 heteroatoms. The van der Waals surface area contributed by atoms with E-state index in [9.17, 15) is 0 Å². The largest absolute Gasteiger partial charge is 0.227 e. The minimum Gasteiger partial charge on any atom is -0.227 e. The van der Waals surface area contributed by atoms with Gasteiger partial charge in [0.15, 0.2) is 11.6 Å². The maximum atomic E-state index is 5.25. The monoisotopic (exact) mass is 820 g/mol. The van der Waals surface area contributed by atoms with Gasteiger partial charge in [0, 0.05) is 43.1 Å². The molecule has 0 spiro atoms. The first kappa shape index (κ1) is 36.7. The Labute approximate surface area is 368 Å². The summed E-state index contributed by atoms with van der Waals surface area (Å²) < 4.78 is 2.32. The molecule has 0 N–H and O–H groups in total. The van der Waals surface area contributed by atoms with E-state index < -0.39 is 0 Å². The van der Waals surface area contributed by atoms with Crippen molar-refractivity contribution in [2.24, 2.45) is 0 Å². The third kappa shape index (κ3) is 6.72. The topological polar surface area (TPSA) is 51.6 Å². The molecule has 12 aromatic rings. The molecule has 0 bridgehead atoms. The van der Waals surface area contributed by atoms with Gasteiger partial charge in [0.2, 0.25) is 0 Å². The van der Waals surface area contributed by atoms with Gasteiger partial charge in [0.25, 0.3) is 0 Å². The van der Waals surface area contributed by atoms with E-state index in [-0.39, 0.29) is 0 Å². The van der Waals surface area contributed by atoms with Crippen LogP contribution in [0.4, 0.5) is 0 Å². The molecule has 0 saturated heterocycles. The number of aromatic nitrogens is 4. The Morgan fingerprint density at radius 3 is 1.29 bits per heavy atom. The zero-order valence-electron chi connectivity index (χ0n) is 34.0. The Hall–Kier alpha value is -8.12. The summed E-state index contributed by atoms with van der Waals surface area (Å²) in [6.45, 7) is 0. The standard InChI is InChI=1S/C58H36N4S/c1-3-16-38(17-4-1)52-50-32-31-37-15-7-8-28-48(37)54(50)61-57(59-52)46-26-13-24-44(35-46)42-22-11-20-40(33-42)41-21-12-23-43(34-41)45-25-14-27-47(36-45)58-60-53(39-18-5-2-6-19-39)56-55(62-58)49-29-9-10-30-51(49)63-56/h1-36H. The second-order valence-electron chi connectivity index (χ2n) is 15.8. The minimum atomic E-state index is 0.705. The van der Waals surface area contributed by atoms with Crippen LogP contribution in [0.15, 0.2) is 218 Å². The molecule has 0 aliphatic carbocycles. The number of thiophene rings is 1. The maximum Gasteiger partial charge on any atom is 0.160 e. The van der Waals surface area contributed by atoms with Crippen LogP contribution < -0.4 is 0 Å². The van der Waals surface area contributed by atoms with Gasteiger partial charge in [-0.15, -0.1) is 11.3 Å². The van der Waals surface area contributed by atoms with E-state index in [1.54, 1.807) is 11.3 Å². The van der Waals surface area contributed by atoms with Crippen molar-refractivity contribution in [1.29, 1.82) is 0 Å². The van der Waals surface area contributed by atoms with Crippen LogP contribution in [-0.4, -0.2) is 19.9 Å². The molecule has 0 unspecified atom stereocenters. The summed E-state index contributed by atoms with van der Waals surface area (Å²) in [4.78, 5) is 20.9. The van der Waals surface area contributed by atoms with Crippen LogP contribution in [0.5, 0.6) is 0 Å². The number of benzene rings is 9. The van der Waals surface area contributed by atoms with E-state index in [1.807, 2.05) is 12.1 Å². The van der Waals surface area contributed by atoms with Gasteiger partial charge in [-0.2, -0.15) is 0 Å². The lowest BCUT2D eigenvalue weighted by atomic mass is 9.95. The molecular formula is C58H36N4S. The summed E-state index contributed by atoms with van der Waals surface area (Å²) in [5.41, 5.74) is 14.7. The van der Waals surface area contributed by atoms with Crippen LogP contribution in [-0.2, 0) is 0 Å². The maximum absolute atomic E-state index is 5.25. The molecule has 0 atom stereocenters. The molecule has 12 rings (SSSR count). The predicted octanol–water partition coefficient (Wildman–Crippen LogP) is 15.6. The van der Waals surface area contributed by atoms with E-state index in [1.165, 1.54) is 4.70 Å². The van der Waals surface area contributed by atoms with Crippen molar-refractivity contribution in [3.63, 3.8) is 0 Å². The van der Waals surface area contributed by atoms with E-state index in [0.717, 1.165) is 110 Å². The Balaban J connectivity index is 0.900. The summed E-state index contributed by atoms with van der Waals surface area (Å²) >= 11 is 1.75. The molecule has 0 aliphatic heterocycles. The summed E-state index contributed by atoms with van der Waals surface area (Å²) in [7, 11) is 0. The Morgan fingerprint density at radius 2 is 0.698 bits per heavy atom. The summed E-state index contributed by atoms with van der Waals surface area (Å²) in [6, 6.07) is 76.9. The highest BCUT2D eigenvalue weighted by Crippen LogP contribution is 2.40. The number of fused-ring (bicyclic) bond motifs is 6. The first-order chi connectivity index (χ1) is 31.2. The minimum absolute atomic E-state index is 0.705. The molecule has 63 heavy (non-hydrogen) atoms. The quantitative estimate of drug-likeness (QED) is 0.150. The molecule has 294 valence electrons. The fourth-order valence-corrected chi connectivity index (χ4v) is 9.91. The second kappa shape index (κ2) is 15.4. The van der Waals surface area contributed by atoms with Crippen molar-refractivity contribution in [2.45, 2.75) is 0 Å². The molecule has 3 aromatic heterocycles. The highest BCUT2D eigenvalue weighted by Gasteiger charge is 2.18. The third-order valence-corrected chi connectivity index (χ3v) is 13.0. The predicted molar refractivity (Wildman–Crippen MR) is 264 cm³/mol. The van der Waals surface area contributed by atoms with Crippen LogP contribution in [0.2, 0.25) is 0 Å². The molecule has 0 radical (unpaired) electrons. The van der Waals surface area contributed by atoms with Gasteiger partial charge in [-0.25, -0.2) is 19.9 Å². The highest BCUT2D eigenvalue weighted by atomic mass is 32.1. The summed E-state index contributed by atoms with van der Waals surface area (Å²) in [5.74, 6) is 1.42. The van der Waals surface area contributed by atoms with Crippen LogP contribution in [0.1, 0.15) is 0 Å². The number of nitrogens with zero attached hydrogens (tertiary/aromatic N) is 4. The van der Waals surface area contributed by atoms with E-state index in [2.05, 4.69) is 206 Å². The lowest BCUT2D eigenvalue weighted by Crippen LogP contribution is -1.96. The Morgan fingerprint density at radius 1 is 0.270 bits per heavy atom. The fourth-order valence-electron chi connectivity index (χ4n) is 8.75. The van der Waals surface area contributed by atoms with Gasteiger partial charge in [-0.1, -0.05) is 182 Å². The number of rotatable bonds is 7. The van der Waals surface area contributed by atoms with Gasteiger partial charge in [0.05, 0.1) is 27.1 Å². The molecule has 0 saturated carbocycles. The Bertz CT molecular complexity index is 3690. The van der Waals surface area contributed by atoms with Crippen molar-refractivity contribution in [3.8, 4) is 78.7 Å². The van der Waals surface area contributed by atoms with Gasteiger partial charge in [0.1, 0.15) is 0 Å². The highest BCUT2D eigenvalue weighted by molar-refractivity contribution is 7.26. The van der Waals surface area contributed by atoms with Crippen molar-refractivity contribution in [1.82, 2.24) is 19.9 Å². The number of hydrogen-bond donors (Lipinski definition) is 0. The molecule has 3 heterocycles. The van der Waals surface area contributed by atoms with E-state index >= 15 is 0 Å². The average molecular weight is 821 g/mol. The van der Waals surface area contributed by atoms with Crippen molar-refractivity contribution < 1.29 is 0 Å². The first-order valence-corrected chi connectivity index (χ1v) is 21.9. The molecular weight excluding hydrogens is 785 g/mol. The fraction of sp³-hybridized carbons (Fsp3) is 0. The van der Waals surface area contributed by atoms with Gasteiger partial charge in [-0.05, 0) is 75.2 Å². The summed E-state index contributed by atoms with van der Waals surface area (Å²) in [5, 5.41) is 4.48. The molecule has 0 aliphatic rings. The molecule has 4 nitrogen and oxygen atoms in total. The van der Waals surface area contributed by atoms with Crippen molar-refractivity contribution in [2.75, 3.05) is 0 Å². The third-order valence-electron chi connectivity index (χ3n) is 11.9. The smallest absolute Gasteiger partial charge is 0.160 e. The number of hydrogen-bond acceptors (Lipinski definition) is 5. The SMILES string of the molecule is c1ccc(-c2nc(-c3cccc(-c4cccc(-c5cccc(-c6cccc(-c7nc(-c8ccccc8)c8sc9ccccc9c8n7)c6)c5)c4)c3)nc3c2ccc2ccccc23)cc1. The first-order valence-electron chi connectivity index (χ1n) is 21.1. The zero-order valence-corrected chi connectivity index (χ0v) is 34.8. The van der Waals surface area contributed by atoms with Crippen LogP contribution in [0, 0.1) is 0 Å². The van der Waals surface area contributed by atoms with Gasteiger partial charge >= 0.3 is 0 Å². The zero-order chi connectivity index (χ0) is 41.7. The van der Waals surface area contributed by atoms with E-state index in [4.69, 9.17) is 19.9 Å². The van der Waals surface area contributed by atoms with Gasteiger partial charge in [-0.3, -0.25) is 0 Å². The molecule has 0 fully saturated rings. The second-order valence-corrected chi connectivity index (χ2v) is 16.9. The Kier molecular flexibility index (Phi) is 8.98. The molecule has 0 amide bonds. The molecule has 9 aromatic carbocycles. The van der Waals surface area contributed by atoms with E-state index in [0.29, 0.717) is 5.82 Å². The van der Waals surface area contributed by atoms with Gasteiger partial charge < -0.3 is 0 Å². The lowest BCUT2D eigenvalue weighted by molar-refractivity contribution is 1.23. The lowest BCUT2D eigenvalue weighted by Gasteiger charge is -2.13. The normalized spacial score (nSPS) is 11.5. The summed E-state index contributed by atoms with van der Waals surface area (Å²) in [6.07, 6.45) is 0. The average Bonchev–Trinajstić information content (AvgIpc) is 3.75. The van der Waals surface area contributed by atoms with Crippen LogP contribution in [0.25, 0.3) is 121 Å². The van der Waals surface area contributed by atoms with Crippen LogP contribution >= 0.6 is 11.3 Å². The van der Waals surface area contributed by atoms with Crippen molar-refractivity contribution >= 4 is 53.3 Å². The van der Waals surface area contributed by atoms with Crippen molar-refractivity contribution in [3.05, 3.63) is 218 Å². The van der Waals surface area contributed by atoms with Crippen LogP contribution in [0.3, 0.4) is 0 Å².